The van der Waals surface area contributed by atoms with E-state index in [1.807, 2.05) is 0 Å². The molecule has 21 heavy (non-hydrogen) atoms. The molecule has 2 nitrogen and oxygen atoms in total. The number of hydrogen-bond donors (Lipinski definition) is 1. The van der Waals surface area contributed by atoms with Crippen molar-refractivity contribution in [3.63, 3.8) is 0 Å². The molecule has 0 fully saturated rings. The van der Waals surface area contributed by atoms with Crippen LogP contribution < -0.4 is 0 Å². The highest BCUT2D eigenvalue weighted by Gasteiger charge is 2.18. The van der Waals surface area contributed by atoms with Gasteiger partial charge in [-0.3, -0.25) is 0 Å². The molecular formula is C18H38O2S. The molecular weight excluding hydrogens is 280 g/mol. The van der Waals surface area contributed by atoms with Gasteiger partial charge in [0.05, 0.1) is 6.61 Å². The molecule has 0 aromatic heterocycles. The van der Waals surface area contributed by atoms with Gasteiger partial charge in [-0.05, 0) is 30.4 Å². The second-order valence-electron chi connectivity index (χ2n) is 6.16. The van der Waals surface area contributed by atoms with Crippen molar-refractivity contribution in [1.82, 2.24) is 0 Å². The van der Waals surface area contributed by atoms with Crippen molar-refractivity contribution in [2.45, 2.75) is 103 Å². The first-order valence-corrected chi connectivity index (χ1v) is 10.6. The Kier molecular flexibility index (Phi) is 16.9. The second kappa shape index (κ2) is 16.6. The van der Waals surface area contributed by atoms with Crippen LogP contribution in [0.3, 0.4) is 0 Å². The molecule has 0 heterocycles. The van der Waals surface area contributed by atoms with Crippen LogP contribution in [0.5, 0.6) is 0 Å². The van der Waals surface area contributed by atoms with E-state index in [2.05, 4.69) is 13.8 Å². The number of aliphatic hydroxyl groups is 1. The fourth-order valence-electron chi connectivity index (χ4n) is 2.81. The first-order chi connectivity index (χ1) is 10.3. The molecule has 0 saturated heterocycles. The maximum atomic E-state index is 11.8. The van der Waals surface area contributed by atoms with Gasteiger partial charge < -0.3 is 9.66 Å². The number of rotatable bonds is 16. The summed E-state index contributed by atoms with van der Waals surface area (Å²) in [6.07, 6.45) is 17.0. The Morgan fingerprint density at radius 3 is 1.71 bits per heavy atom. The minimum atomic E-state index is -0.822. The van der Waals surface area contributed by atoms with Gasteiger partial charge in [-0.1, -0.05) is 78.1 Å². The van der Waals surface area contributed by atoms with Crippen LogP contribution in [0.4, 0.5) is 0 Å². The van der Waals surface area contributed by atoms with Crippen LogP contribution >= 0.6 is 0 Å². The Balaban J connectivity index is 3.30. The fraction of sp³-hybridized carbons (Fsp3) is 1.00. The zero-order chi connectivity index (χ0) is 15.8. The third-order valence-electron chi connectivity index (χ3n) is 4.25. The zero-order valence-corrected chi connectivity index (χ0v) is 15.3. The molecule has 0 aromatic rings. The van der Waals surface area contributed by atoms with E-state index in [1.54, 1.807) is 0 Å². The molecule has 0 spiro atoms. The van der Waals surface area contributed by atoms with E-state index in [0.29, 0.717) is 11.0 Å². The van der Waals surface area contributed by atoms with Gasteiger partial charge in [-0.15, -0.1) is 0 Å². The van der Waals surface area contributed by atoms with Gasteiger partial charge in [0.15, 0.2) is 0 Å². The van der Waals surface area contributed by atoms with Gasteiger partial charge in [0.25, 0.3) is 0 Å². The van der Waals surface area contributed by atoms with Crippen molar-refractivity contribution in [1.29, 1.82) is 0 Å². The first-order valence-electron chi connectivity index (χ1n) is 9.24. The Morgan fingerprint density at radius 2 is 1.29 bits per heavy atom. The van der Waals surface area contributed by atoms with Crippen LogP contribution in [-0.2, 0) is 11.2 Å². The van der Waals surface area contributed by atoms with Crippen molar-refractivity contribution in [2.24, 2.45) is 0 Å². The minimum Gasteiger partial charge on any atom is -0.616 e. The van der Waals surface area contributed by atoms with E-state index >= 15 is 0 Å². The van der Waals surface area contributed by atoms with E-state index in [-0.39, 0.29) is 6.61 Å². The third-order valence-corrected chi connectivity index (χ3v) is 6.15. The number of aliphatic hydroxyl groups excluding tert-OH is 1. The monoisotopic (exact) mass is 318 g/mol. The molecule has 128 valence electrons. The lowest BCUT2D eigenvalue weighted by atomic mass is 10.0. The summed E-state index contributed by atoms with van der Waals surface area (Å²) in [7, 11) is 0. The lowest BCUT2D eigenvalue weighted by molar-refractivity contribution is 0.319. The van der Waals surface area contributed by atoms with Crippen molar-refractivity contribution >= 4 is 11.2 Å². The van der Waals surface area contributed by atoms with Crippen LogP contribution in [0.1, 0.15) is 97.3 Å². The highest BCUT2D eigenvalue weighted by Crippen LogP contribution is 2.17. The molecule has 0 aliphatic rings. The molecule has 0 amide bonds. The first kappa shape index (κ1) is 21.3. The Hall–Kier alpha value is 0.270. The molecule has 0 aliphatic heterocycles. The average Bonchev–Trinajstić information content (AvgIpc) is 2.48. The van der Waals surface area contributed by atoms with Gasteiger partial charge in [0, 0.05) is 0 Å². The normalized spacial score (nSPS) is 14.3. The van der Waals surface area contributed by atoms with Gasteiger partial charge >= 0.3 is 0 Å². The summed E-state index contributed by atoms with van der Waals surface area (Å²) in [6.45, 7) is 4.43. The van der Waals surface area contributed by atoms with E-state index in [9.17, 15) is 4.55 Å². The van der Waals surface area contributed by atoms with Gasteiger partial charge in [0.1, 0.15) is 11.0 Å². The largest absolute Gasteiger partial charge is 0.616 e. The summed E-state index contributed by atoms with van der Waals surface area (Å²) in [6, 6.07) is 0. The Morgan fingerprint density at radius 1 is 0.810 bits per heavy atom. The molecule has 1 N–H and O–H groups in total. The molecule has 0 saturated carbocycles. The zero-order valence-electron chi connectivity index (χ0n) is 14.4. The van der Waals surface area contributed by atoms with Crippen molar-refractivity contribution < 1.29 is 9.66 Å². The van der Waals surface area contributed by atoms with Crippen LogP contribution in [0.15, 0.2) is 0 Å². The minimum absolute atomic E-state index is 0.0569. The summed E-state index contributed by atoms with van der Waals surface area (Å²) in [5.74, 6) is 0.455. The summed E-state index contributed by atoms with van der Waals surface area (Å²) >= 11 is -0.822. The maximum absolute atomic E-state index is 11.8. The lowest BCUT2D eigenvalue weighted by Gasteiger charge is -2.19. The molecule has 0 bridgehead atoms. The predicted octanol–water partition coefficient (Wildman–Crippen LogP) is 5.21. The van der Waals surface area contributed by atoms with E-state index in [1.165, 1.54) is 70.6 Å². The molecule has 2 atom stereocenters. The van der Waals surface area contributed by atoms with Gasteiger partial charge in [-0.2, -0.15) is 0 Å². The number of unbranched alkanes of at least 4 members (excludes halogenated alkanes) is 10. The van der Waals surface area contributed by atoms with Crippen molar-refractivity contribution in [3.05, 3.63) is 0 Å². The summed E-state index contributed by atoms with van der Waals surface area (Å²) < 4.78 is 11.8. The standard InChI is InChI=1S/C18H38O2S/c1-3-5-6-7-8-9-10-11-12-13-14-15-18(4-2)21(20)17-16-19/h18-19H,3-17H2,1-2H3. The van der Waals surface area contributed by atoms with Crippen LogP contribution in [0.2, 0.25) is 0 Å². The molecule has 0 aliphatic carbocycles. The van der Waals surface area contributed by atoms with E-state index in [4.69, 9.17) is 5.11 Å². The molecule has 0 radical (unpaired) electrons. The molecule has 0 rings (SSSR count). The van der Waals surface area contributed by atoms with E-state index in [0.717, 1.165) is 12.8 Å². The van der Waals surface area contributed by atoms with E-state index < -0.39 is 11.2 Å². The molecule has 0 aromatic carbocycles. The van der Waals surface area contributed by atoms with Crippen molar-refractivity contribution in [3.8, 4) is 0 Å². The highest BCUT2D eigenvalue weighted by atomic mass is 32.2. The van der Waals surface area contributed by atoms with Gasteiger partial charge in [0.2, 0.25) is 0 Å². The summed E-state index contributed by atoms with van der Waals surface area (Å²) in [5.41, 5.74) is 0. The maximum Gasteiger partial charge on any atom is 0.128 e. The lowest BCUT2D eigenvalue weighted by Crippen LogP contribution is -2.25. The molecule has 2 unspecified atom stereocenters. The molecule has 3 heteroatoms. The van der Waals surface area contributed by atoms with Gasteiger partial charge in [-0.25, -0.2) is 0 Å². The topological polar surface area (TPSA) is 43.3 Å². The van der Waals surface area contributed by atoms with Crippen LogP contribution in [-0.4, -0.2) is 27.3 Å². The Labute approximate surface area is 136 Å². The fourth-order valence-corrected chi connectivity index (χ4v) is 4.13. The van der Waals surface area contributed by atoms with Crippen LogP contribution in [0, 0.1) is 0 Å². The Bertz CT molecular complexity index is 200. The average molecular weight is 319 g/mol. The van der Waals surface area contributed by atoms with Crippen molar-refractivity contribution in [2.75, 3.05) is 12.4 Å². The van der Waals surface area contributed by atoms with Crippen LogP contribution in [0.25, 0.3) is 0 Å². The smallest absolute Gasteiger partial charge is 0.128 e. The predicted molar refractivity (Wildman–Crippen MR) is 95.3 cm³/mol. The second-order valence-corrected chi connectivity index (χ2v) is 8.00. The number of hydrogen-bond acceptors (Lipinski definition) is 2. The highest BCUT2D eigenvalue weighted by molar-refractivity contribution is 7.92. The third kappa shape index (κ3) is 13.6. The SMILES string of the molecule is CCCCCCCCCCCCCC(CC)[S+]([O-])CCO. The quantitative estimate of drug-likeness (QED) is 0.314. The summed E-state index contributed by atoms with van der Waals surface area (Å²) in [4.78, 5) is 0. The summed E-state index contributed by atoms with van der Waals surface area (Å²) in [5, 5.41) is 9.15.